The first-order chi connectivity index (χ1) is 46.2. The van der Waals surface area contributed by atoms with Crippen LogP contribution in [-0.2, 0) is 26.2 Å². The van der Waals surface area contributed by atoms with E-state index in [-0.39, 0.29) is 70.0 Å². The second-order valence-corrected chi connectivity index (χ2v) is 29.1. The first kappa shape index (κ1) is 69.2. The number of benzene rings is 1. The largest absolute Gasteiger partial charge is 0.506 e. The molecule has 14 rings (SSSR count). The maximum atomic E-state index is 13.0. The van der Waals surface area contributed by atoms with Crippen molar-refractivity contribution in [2.75, 3.05) is 20.2 Å². The Hall–Kier alpha value is -10.2. The molecule has 2 saturated heterocycles. The molecule has 2 fully saturated rings. The van der Waals surface area contributed by atoms with Gasteiger partial charge in [-0.2, -0.15) is 35.7 Å². The molecular weight excluding hydrogens is 1260 g/mol. The van der Waals surface area contributed by atoms with Crippen LogP contribution in [0.1, 0.15) is 130 Å². The molecule has 5 atom stereocenters. The zero-order chi connectivity index (χ0) is 70.4. The number of rotatable bonds is 12. The monoisotopic (exact) mass is 1350 g/mol. The number of fused-ring (bicyclic) bond motifs is 4. The molecule has 0 aliphatic carbocycles. The van der Waals surface area contributed by atoms with E-state index in [4.69, 9.17) is 25.8 Å². The van der Waals surface area contributed by atoms with E-state index in [0.717, 1.165) is 95.5 Å². The highest BCUT2D eigenvalue weighted by Crippen LogP contribution is 2.37. The summed E-state index contributed by atoms with van der Waals surface area (Å²) in [7, 11) is 1.65. The molecule has 23 nitrogen and oxygen atoms in total. The second kappa shape index (κ2) is 27.4. The van der Waals surface area contributed by atoms with Crippen LogP contribution in [0.25, 0.3) is 55.4 Å². The van der Waals surface area contributed by atoms with E-state index < -0.39 is 0 Å². The summed E-state index contributed by atoms with van der Waals surface area (Å²) in [6.45, 7) is 34.2. The normalized spacial score (nSPS) is 16.0. The van der Waals surface area contributed by atoms with Crippen molar-refractivity contribution in [3.8, 4) is 62.1 Å². The number of aromatic nitrogens is 14. The van der Waals surface area contributed by atoms with Gasteiger partial charge < -0.3 is 34.6 Å². The van der Waals surface area contributed by atoms with Crippen molar-refractivity contribution in [2.24, 2.45) is 11.8 Å². The van der Waals surface area contributed by atoms with E-state index in [0.29, 0.717) is 36.5 Å². The third-order valence-corrected chi connectivity index (χ3v) is 17.9. The first-order valence-corrected chi connectivity index (χ1v) is 33.4. The average Bonchev–Trinajstić information content (AvgIpc) is 1.63. The van der Waals surface area contributed by atoms with E-state index in [1.807, 2.05) is 161 Å². The molecule has 0 unspecified atom stereocenters. The van der Waals surface area contributed by atoms with Gasteiger partial charge >= 0.3 is 0 Å². The van der Waals surface area contributed by atoms with Gasteiger partial charge in [0.2, 0.25) is 11.8 Å². The zero-order valence-corrected chi connectivity index (χ0v) is 59.7. The topological polar surface area (TPSA) is 240 Å². The Morgan fingerprint density at radius 1 is 0.510 bits per heavy atom. The molecule has 13 heterocycles. The summed E-state index contributed by atoms with van der Waals surface area (Å²) in [6, 6.07) is 23.0. The van der Waals surface area contributed by atoms with Gasteiger partial charge in [0.25, 0.3) is 0 Å². The van der Waals surface area contributed by atoms with Gasteiger partial charge in [0.05, 0.1) is 76.2 Å². The van der Waals surface area contributed by atoms with Gasteiger partial charge in [-0.3, -0.25) is 23.6 Å². The number of ether oxygens (including phenoxy) is 3. The van der Waals surface area contributed by atoms with Crippen LogP contribution in [0.5, 0.6) is 28.7 Å². The van der Waals surface area contributed by atoms with Crippen LogP contribution in [0.15, 0.2) is 135 Å². The summed E-state index contributed by atoms with van der Waals surface area (Å²) in [5, 5.41) is 54.0. The molecule has 11 aromatic heterocycles. The number of likely N-dealkylation sites (tertiary alicyclic amines) is 1. The number of nitrogens with zero attached hydrogens (tertiary/aromatic N) is 15. The van der Waals surface area contributed by atoms with Crippen molar-refractivity contribution in [1.29, 1.82) is 0 Å². The van der Waals surface area contributed by atoms with Gasteiger partial charge in [0.15, 0.2) is 0 Å². The maximum absolute atomic E-state index is 13.0. The summed E-state index contributed by atoms with van der Waals surface area (Å²) < 4.78 is 31.0. The van der Waals surface area contributed by atoms with Crippen LogP contribution in [0.3, 0.4) is 0 Å². The summed E-state index contributed by atoms with van der Waals surface area (Å²) >= 11 is 5.71. The fourth-order valence-corrected chi connectivity index (χ4v) is 12.2. The van der Waals surface area contributed by atoms with Crippen molar-refractivity contribution < 1.29 is 34.0 Å². The highest BCUT2D eigenvalue weighted by molar-refractivity contribution is 6.30. The smallest absolute Gasteiger partial charge is 0.223 e. The Kier molecular flexibility index (Phi) is 19.3. The van der Waals surface area contributed by atoms with Crippen molar-refractivity contribution in [1.82, 2.24) is 78.0 Å². The van der Waals surface area contributed by atoms with E-state index >= 15 is 0 Å². The molecule has 2 aliphatic rings. The number of halogens is 1. The predicted octanol–water partition coefficient (Wildman–Crippen LogP) is 13.8. The van der Waals surface area contributed by atoms with Gasteiger partial charge in [0.1, 0.15) is 63.0 Å². The molecule has 98 heavy (non-hydrogen) atoms. The molecule has 0 radical (unpaired) electrons. The quantitative estimate of drug-likeness (QED) is 0.103. The molecule has 3 N–H and O–H groups in total. The summed E-state index contributed by atoms with van der Waals surface area (Å²) in [6.07, 6.45) is 20.0. The maximum Gasteiger partial charge on any atom is 0.223 e. The van der Waals surface area contributed by atoms with E-state index in [2.05, 4.69) is 129 Å². The highest BCUT2D eigenvalue weighted by atomic mass is 35.5. The first-order valence-electron chi connectivity index (χ1n) is 33.0. The molecule has 2 amide bonds. The summed E-state index contributed by atoms with van der Waals surface area (Å²) in [4.78, 5) is 26.6. The lowest BCUT2D eigenvalue weighted by molar-refractivity contribution is -0.129. The van der Waals surface area contributed by atoms with Crippen molar-refractivity contribution in [3.05, 3.63) is 168 Å². The Morgan fingerprint density at radius 3 is 1.32 bits per heavy atom. The minimum atomic E-state index is -0.154. The summed E-state index contributed by atoms with van der Waals surface area (Å²) in [5.74, 6) is 3.22. The van der Waals surface area contributed by atoms with Crippen LogP contribution >= 0.6 is 11.6 Å². The molecule has 12 aromatic rings. The Bertz CT molecular complexity index is 4850. The minimum Gasteiger partial charge on any atom is -0.506 e. The number of aromatic hydroxyl groups is 2. The molecule has 514 valence electrons. The predicted molar refractivity (Wildman–Crippen MR) is 379 cm³/mol. The van der Waals surface area contributed by atoms with Crippen molar-refractivity contribution in [3.63, 3.8) is 0 Å². The van der Waals surface area contributed by atoms with Crippen molar-refractivity contribution >= 4 is 45.5 Å². The Balaban J connectivity index is 0.000000142. The van der Waals surface area contributed by atoms with Gasteiger partial charge in [-0.1, -0.05) is 23.7 Å². The lowest BCUT2D eigenvalue weighted by Gasteiger charge is -2.27. The third kappa shape index (κ3) is 15.5. The van der Waals surface area contributed by atoms with E-state index in [9.17, 15) is 19.8 Å². The number of carbonyl (C=O) groups is 2. The van der Waals surface area contributed by atoms with Crippen LogP contribution < -0.4 is 19.5 Å². The number of pyridine rings is 4. The molecule has 0 spiro atoms. The highest BCUT2D eigenvalue weighted by Gasteiger charge is 2.37. The van der Waals surface area contributed by atoms with Crippen LogP contribution in [0.4, 0.5) is 0 Å². The lowest BCUT2D eigenvalue weighted by Crippen LogP contribution is -2.31. The number of aryl methyl sites for hydroxylation is 4. The molecule has 0 bridgehead atoms. The molecule has 24 heteroatoms. The molecule has 0 saturated carbocycles. The number of nitrogens with one attached hydrogen (secondary N) is 1. The molecule has 1 aromatic carbocycles. The van der Waals surface area contributed by atoms with Crippen LogP contribution in [0, 0.1) is 39.5 Å². The molecule has 2 aliphatic heterocycles. The minimum absolute atomic E-state index is 0.0162. The van der Waals surface area contributed by atoms with Gasteiger partial charge in [-0.15, -0.1) is 0 Å². The van der Waals surface area contributed by atoms with Gasteiger partial charge in [-0.05, 0) is 171 Å². The fraction of sp³-hybridized carbons (Fsp3) is 0.392. The number of amides is 2. The van der Waals surface area contributed by atoms with Crippen molar-refractivity contribution in [2.45, 2.75) is 158 Å². The Morgan fingerprint density at radius 2 is 0.908 bits per heavy atom. The number of carbonyl (C=O) groups excluding carboxylic acids is 2. The zero-order valence-electron chi connectivity index (χ0n) is 58.9. The second-order valence-electron chi connectivity index (χ2n) is 28.7. The Labute approximate surface area is 575 Å². The summed E-state index contributed by atoms with van der Waals surface area (Å²) in [5.41, 5.74) is 13.5. The number of methoxy groups -OCH3 is 1. The standard InChI is InChI=1S/C30H37N5O3.C21H27N5O2.C15H18N4O.C8H7ClN2O/c1-19-12-27-28(13-24(17-34(27)32-19)25-15-31-35(18-25)30(4,5)6)38-21(3)23-14-29(36)33(16-23)20(2)22-8-10-26(37-7)11-9-22;1-13-6-18-19(28-14(2)15-8-20(27)22-9-15)7-16(11-25(18)24-13)17-10-23-26(12-17)21(3,4)5;1-10-5-13-14(20)6-11(8-18(13)17-10)12-7-16-19(9-12)15(2,3)4;1-5-2-7-8(12)3-6(9)4-11(7)10-5/h8-13,15,17-18,20-21,23H,14,16H2,1-7H3;6-7,10-12,14-15H,8-9H2,1-5H3,(H,22,27);5-9,20H,1-4H3;2-4,12H,1H3/t20-,21-,23-;14-,15-;;/m11../s1. The average molecular weight is 1350 g/mol. The van der Waals surface area contributed by atoms with Gasteiger partial charge in [-0.25, -0.2) is 18.1 Å². The van der Waals surface area contributed by atoms with Gasteiger partial charge in [0, 0.05) is 121 Å². The fourth-order valence-electron chi connectivity index (χ4n) is 12.0. The van der Waals surface area contributed by atoms with Crippen LogP contribution in [0.2, 0.25) is 5.02 Å². The molecular formula is C74H89ClN16O7. The van der Waals surface area contributed by atoms with Crippen LogP contribution in [-0.4, -0.2) is 127 Å². The number of hydrogen-bond acceptors (Lipinski definition) is 14. The van der Waals surface area contributed by atoms with E-state index in [1.165, 1.54) is 6.07 Å². The third-order valence-electron chi connectivity index (χ3n) is 17.7. The van der Waals surface area contributed by atoms with E-state index in [1.54, 1.807) is 34.5 Å². The SMILES string of the molecule is COc1ccc([C@@H](C)N2C[C@H]([C@@H](C)Oc3cc(-c4cnn(C(C)(C)C)c4)cn4nc(C)cc34)CC2=O)cc1.Cc1cc2c(O)cc(-c3cnn(C(C)(C)C)c3)cn2n1.Cc1cc2c(O)cc(Cl)cn2n1.Cc1cc2c(O[C@H](C)[C@H]3CNC(=O)C3)cc(-c3cnn(C(C)(C)C)c3)cn2n1. The number of hydrogen-bond donors (Lipinski definition) is 3. The lowest BCUT2D eigenvalue weighted by atomic mass is 10.0.